The predicted molar refractivity (Wildman–Crippen MR) is 114 cm³/mol. The Labute approximate surface area is 172 Å². The Morgan fingerprint density at radius 3 is 2.46 bits per heavy atom. The van der Waals surface area contributed by atoms with Crippen molar-refractivity contribution in [2.75, 3.05) is 32.2 Å². The first-order chi connectivity index (χ1) is 13.3. The lowest BCUT2D eigenvalue weighted by Gasteiger charge is -2.25. The topological polar surface area (TPSA) is 71.0 Å². The number of benzene rings is 2. The molecule has 0 bridgehead atoms. The normalized spacial score (nSPS) is 12.5. The third-order valence-corrected chi connectivity index (χ3v) is 4.40. The van der Waals surface area contributed by atoms with Crippen LogP contribution in [0.25, 0.3) is 0 Å². The van der Waals surface area contributed by atoms with Crippen LogP contribution in [0.4, 0.5) is 5.69 Å². The van der Waals surface area contributed by atoms with E-state index in [9.17, 15) is 5.11 Å². The number of ether oxygens (including phenoxy) is 2. The van der Waals surface area contributed by atoms with Crippen LogP contribution in [0.3, 0.4) is 0 Å². The van der Waals surface area contributed by atoms with Crippen LogP contribution in [0.1, 0.15) is 44.4 Å². The smallest absolute Gasteiger partial charge is 0.144 e. The van der Waals surface area contributed by atoms with Crippen molar-refractivity contribution in [2.45, 2.75) is 33.3 Å². The van der Waals surface area contributed by atoms with Crippen LogP contribution in [0, 0.1) is 5.41 Å². The van der Waals surface area contributed by atoms with Gasteiger partial charge in [0, 0.05) is 41.8 Å². The molecule has 3 N–H and O–H groups in total. The van der Waals surface area contributed by atoms with Crippen molar-refractivity contribution in [3.63, 3.8) is 0 Å². The van der Waals surface area contributed by atoms with E-state index in [1.807, 2.05) is 24.3 Å². The van der Waals surface area contributed by atoms with Crippen molar-refractivity contribution in [3.05, 3.63) is 52.5 Å². The minimum absolute atomic E-state index is 0.0225. The maximum absolute atomic E-state index is 11.2. The van der Waals surface area contributed by atoms with Crippen molar-refractivity contribution < 1.29 is 19.7 Å². The summed E-state index contributed by atoms with van der Waals surface area (Å²) in [7, 11) is 1.58. The molecular weight excluding hydrogens is 378 g/mol. The fourth-order valence-electron chi connectivity index (χ4n) is 2.78. The maximum atomic E-state index is 11.2. The lowest BCUT2D eigenvalue weighted by molar-refractivity contribution is 0.213. The number of aliphatic hydroxyl groups is 2. The second kappa shape index (κ2) is 10.0. The number of aliphatic hydroxyl groups excluding tert-OH is 2. The molecule has 0 heterocycles. The van der Waals surface area contributed by atoms with Crippen LogP contribution >= 0.6 is 11.6 Å². The predicted octanol–water partition coefficient (Wildman–Crippen LogP) is 4.65. The molecule has 0 aliphatic carbocycles. The second-order valence-corrected chi connectivity index (χ2v) is 8.29. The summed E-state index contributed by atoms with van der Waals surface area (Å²) in [5.74, 6) is 1.15. The van der Waals surface area contributed by atoms with Gasteiger partial charge in [0.25, 0.3) is 0 Å². The number of hydrogen-bond donors (Lipinski definition) is 3. The first kappa shape index (κ1) is 22.3. The van der Waals surface area contributed by atoms with Gasteiger partial charge in [-0.3, -0.25) is 0 Å². The molecule has 5 nitrogen and oxygen atoms in total. The highest BCUT2D eigenvalue weighted by Gasteiger charge is 2.23. The third-order valence-electron chi connectivity index (χ3n) is 4.18. The van der Waals surface area contributed by atoms with Crippen LogP contribution in [0.15, 0.2) is 36.4 Å². The largest absolute Gasteiger partial charge is 0.496 e. The molecule has 2 rings (SSSR count). The summed E-state index contributed by atoms with van der Waals surface area (Å²) in [5.41, 5.74) is 1.97. The van der Waals surface area contributed by atoms with E-state index in [-0.39, 0.29) is 12.0 Å². The molecule has 0 saturated carbocycles. The Bertz CT molecular complexity index is 774. The monoisotopic (exact) mass is 407 g/mol. The number of rotatable bonds is 9. The Balaban J connectivity index is 2.50. The van der Waals surface area contributed by atoms with Crippen molar-refractivity contribution >= 4 is 17.3 Å². The van der Waals surface area contributed by atoms with Crippen molar-refractivity contribution in [2.24, 2.45) is 5.41 Å². The Morgan fingerprint density at radius 1 is 1.11 bits per heavy atom. The van der Waals surface area contributed by atoms with E-state index < -0.39 is 6.10 Å². The molecule has 2 aromatic rings. The molecule has 1 atom stereocenters. The zero-order chi connectivity index (χ0) is 20.7. The van der Waals surface area contributed by atoms with Crippen LogP contribution < -0.4 is 14.8 Å². The first-order valence-corrected chi connectivity index (χ1v) is 9.76. The Kier molecular flexibility index (Phi) is 7.98. The minimum Gasteiger partial charge on any atom is -0.496 e. The summed E-state index contributed by atoms with van der Waals surface area (Å²) in [6.07, 6.45) is -0.437. The van der Waals surface area contributed by atoms with Gasteiger partial charge in [0.1, 0.15) is 17.6 Å². The molecular formula is C22H30ClNO4. The molecule has 1 unspecified atom stereocenters. The van der Waals surface area contributed by atoms with E-state index in [0.717, 1.165) is 0 Å². The molecule has 0 saturated heterocycles. The molecule has 0 radical (unpaired) electrons. The number of nitrogens with one attached hydrogen (secondary N) is 1. The van der Waals surface area contributed by atoms with Crippen LogP contribution in [0.2, 0.25) is 5.02 Å². The van der Waals surface area contributed by atoms with Gasteiger partial charge in [0.05, 0.1) is 19.4 Å². The van der Waals surface area contributed by atoms with E-state index in [1.165, 1.54) is 0 Å². The van der Waals surface area contributed by atoms with Gasteiger partial charge in [-0.1, -0.05) is 50.6 Å². The fourth-order valence-corrected chi connectivity index (χ4v) is 3.00. The van der Waals surface area contributed by atoms with Gasteiger partial charge in [-0.05, 0) is 17.5 Å². The van der Waals surface area contributed by atoms with E-state index >= 15 is 0 Å². The summed E-state index contributed by atoms with van der Waals surface area (Å²) in [6, 6.07) is 10.8. The molecule has 0 spiro atoms. The highest BCUT2D eigenvalue weighted by atomic mass is 35.5. The third kappa shape index (κ3) is 6.03. The molecule has 6 heteroatoms. The number of anilines is 1. The average Bonchev–Trinajstić information content (AvgIpc) is 2.65. The molecule has 0 fully saturated rings. The van der Waals surface area contributed by atoms with Gasteiger partial charge < -0.3 is 25.0 Å². The minimum atomic E-state index is -0.947. The maximum Gasteiger partial charge on any atom is 0.144 e. The Morgan fingerprint density at radius 2 is 1.82 bits per heavy atom. The lowest BCUT2D eigenvalue weighted by Crippen LogP contribution is -2.21. The second-order valence-electron chi connectivity index (χ2n) is 7.85. The summed E-state index contributed by atoms with van der Waals surface area (Å²) in [4.78, 5) is 0. The number of halogens is 1. The highest BCUT2D eigenvalue weighted by Crippen LogP contribution is 2.40. The van der Waals surface area contributed by atoms with E-state index in [1.54, 1.807) is 19.2 Å². The Hall–Kier alpha value is -1.95. The van der Waals surface area contributed by atoms with Gasteiger partial charge in [0.15, 0.2) is 0 Å². The summed E-state index contributed by atoms with van der Waals surface area (Å²) in [6.45, 7) is 7.44. The molecule has 0 aliphatic rings. The molecule has 0 aromatic heterocycles. The zero-order valence-electron chi connectivity index (χ0n) is 17.0. The first-order valence-electron chi connectivity index (χ1n) is 9.39. The van der Waals surface area contributed by atoms with Crippen molar-refractivity contribution in [3.8, 4) is 11.5 Å². The van der Waals surface area contributed by atoms with E-state index in [0.29, 0.717) is 52.9 Å². The van der Waals surface area contributed by atoms with Crippen LogP contribution in [-0.4, -0.2) is 37.1 Å². The van der Waals surface area contributed by atoms with Gasteiger partial charge in [-0.2, -0.15) is 0 Å². The zero-order valence-corrected chi connectivity index (χ0v) is 17.7. The summed E-state index contributed by atoms with van der Waals surface area (Å²) in [5, 5.41) is 24.1. The summed E-state index contributed by atoms with van der Waals surface area (Å²) < 4.78 is 11.3. The SMILES string of the molecule is COc1ccccc1C(O)c1cc(Cl)cc(OCCCO)c1NCC(C)(C)C. The highest BCUT2D eigenvalue weighted by molar-refractivity contribution is 6.31. The molecule has 0 aliphatic heterocycles. The summed E-state index contributed by atoms with van der Waals surface area (Å²) >= 11 is 6.33. The van der Waals surface area contributed by atoms with Crippen molar-refractivity contribution in [1.29, 1.82) is 0 Å². The molecule has 0 amide bonds. The lowest BCUT2D eigenvalue weighted by atomic mass is 9.95. The van der Waals surface area contributed by atoms with Crippen molar-refractivity contribution in [1.82, 2.24) is 0 Å². The van der Waals surface area contributed by atoms with Gasteiger partial charge in [-0.25, -0.2) is 0 Å². The van der Waals surface area contributed by atoms with Gasteiger partial charge >= 0.3 is 0 Å². The molecule has 2 aromatic carbocycles. The van der Waals surface area contributed by atoms with E-state index in [4.69, 9.17) is 26.2 Å². The quantitative estimate of drug-likeness (QED) is 0.528. The number of methoxy groups -OCH3 is 1. The average molecular weight is 408 g/mol. The van der Waals surface area contributed by atoms with E-state index in [2.05, 4.69) is 26.1 Å². The number of para-hydroxylation sites is 1. The standard InChI is InChI=1S/C22H30ClNO4/c1-22(2,3)14-24-20-17(12-15(23)13-19(20)28-11-7-10-25)21(26)16-8-5-6-9-18(16)27-4/h5-6,8-9,12-13,21,24-26H,7,10-11,14H2,1-4H3. The van der Waals surface area contributed by atoms with Gasteiger partial charge in [-0.15, -0.1) is 0 Å². The number of hydrogen-bond acceptors (Lipinski definition) is 5. The van der Waals surface area contributed by atoms with Gasteiger partial charge in [0.2, 0.25) is 0 Å². The molecule has 28 heavy (non-hydrogen) atoms. The molecule has 154 valence electrons. The van der Waals surface area contributed by atoms with Crippen LogP contribution in [-0.2, 0) is 0 Å². The fraction of sp³-hybridized carbons (Fsp3) is 0.455. The van der Waals surface area contributed by atoms with Crippen LogP contribution in [0.5, 0.6) is 11.5 Å².